The lowest BCUT2D eigenvalue weighted by molar-refractivity contribution is -0.131. The highest BCUT2D eigenvalue weighted by Crippen LogP contribution is 2.37. The number of aromatic nitrogens is 1. The number of nitrogens with one attached hydrogen (secondary N) is 1. The van der Waals surface area contributed by atoms with Crippen LogP contribution in [-0.2, 0) is 11.2 Å². The van der Waals surface area contributed by atoms with E-state index >= 15 is 0 Å². The summed E-state index contributed by atoms with van der Waals surface area (Å²) in [6.45, 7) is 5.87. The van der Waals surface area contributed by atoms with E-state index in [-0.39, 0.29) is 17.7 Å². The van der Waals surface area contributed by atoms with Crippen LogP contribution in [0.15, 0.2) is 12.1 Å². The second-order valence-electron chi connectivity index (χ2n) is 5.81. The number of ether oxygens (including phenoxy) is 1. The minimum atomic E-state index is -0.0234. The fourth-order valence-corrected chi connectivity index (χ4v) is 3.38. The van der Waals surface area contributed by atoms with E-state index in [0.717, 1.165) is 23.0 Å². The van der Waals surface area contributed by atoms with Gasteiger partial charge in [0, 0.05) is 30.1 Å². The number of Topliss-reactive ketones (excluding diaryl/α,β-unsaturated/α-hetero) is 1. The molecule has 1 N–H and O–H groups in total. The molecule has 0 spiro atoms. The molecule has 1 unspecified atom stereocenters. The summed E-state index contributed by atoms with van der Waals surface area (Å²) in [6.07, 6.45) is 0.807. The van der Waals surface area contributed by atoms with E-state index in [9.17, 15) is 9.59 Å². The Bertz CT molecular complexity index is 776. The first-order valence-corrected chi connectivity index (χ1v) is 7.44. The smallest absolute Gasteiger partial charge is 0.220 e. The van der Waals surface area contributed by atoms with Crippen LogP contribution >= 0.6 is 0 Å². The first kappa shape index (κ1) is 14.6. The summed E-state index contributed by atoms with van der Waals surface area (Å²) in [6, 6.07) is 3.79. The number of carbonyl (C=O) groups excluding carboxylic acids is 2. The standard InChI is InChI=1S/C17H20N2O3/c1-9-17-12(5-6-19(9)11(3)21)14-8-16(22-4)13(10(2)20)7-15(14)18-17/h7-9,18H,5-6H2,1-4H3. The molecule has 1 atom stereocenters. The van der Waals surface area contributed by atoms with Crippen molar-refractivity contribution in [2.45, 2.75) is 33.2 Å². The third-order valence-corrected chi connectivity index (χ3v) is 4.53. The molecule has 0 saturated carbocycles. The predicted molar refractivity (Wildman–Crippen MR) is 84.4 cm³/mol. The van der Waals surface area contributed by atoms with Crippen molar-refractivity contribution in [1.82, 2.24) is 9.88 Å². The summed E-state index contributed by atoms with van der Waals surface area (Å²) in [4.78, 5) is 28.8. The highest BCUT2D eigenvalue weighted by atomic mass is 16.5. The Balaban J connectivity index is 2.19. The van der Waals surface area contributed by atoms with Crippen molar-refractivity contribution in [3.63, 3.8) is 0 Å². The summed E-state index contributed by atoms with van der Waals surface area (Å²) in [5, 5.41) is 1.08. The molecule has 0 bridgehead atoms. The third kappa shape index (κ3) is 2.08. The number of rotatable bonds is 2. The van der Waals surface area contributed by atoms with E-state index in [0.29, 0.717) is 17.9 Å². The van der Waals surface area contributed by atoms with E-state index in [2.05, 4.69) is 4.98 Å². The van der Waals surface area contributed by atoms with Crippen molar-refractivity contribution in [1.29, 1.82) is 0 Å². The van der Waals surface area contributed by atoms with Crippen molar-refractivity contribution in [3.05, 3.63) is 29.0 Å². The lowest BCUT2D eigenvalue weighted by atomic mass is 9.97. The van der Waals surface area contributed by atoms with Gasteiger partial charge in [0.2, 0.25) is 5.91 Å². The van der Waals surface area contributed by atoms with Crippen LogP contribution in [0.3, 0.4) is 0 Å². The zero-order valence-corrected chi connectivity index (χ0v) is 13.3. The van der Waals surface area contributed by atoms with E-state index in [1.54, 1.807) is 14.0 Å². The Hall–Kier alpha value is -2.30. The lowest BCUT2D eigenvalue weighted by Crippen LogP contribution is -2.37. The summed E-state index contributed by atoms with van der Waals surface area (Å²) >= 11 is 0. The van der Waals surface area contributed by atoms with Gasteiger partial charge >= 0.3 is 0 Å². The molecular formula is C17H20N2O3. The topological polar surface area (TPSA) is 62.4 Å². The Kier molecular flexibility index (Phi) is 3.43. The van der Waals surface area contributed by atoms with Gasteiger partial charge < -0.3 is 14.6 Å². The van der Waals surface area contributed by atoms with E-state index in [1.165, 1.54) is 12.5 Å². The number of methoxy groups -OCH3 is 1. The van der Waals surface area contributed by atoms with Gasteiger partial charge in [0.1, 0.15) is 5.75 Å². The number of carbonyl (C=O) groups is 2. The number of benzene rings is 1. The van der Waals surface area contributed by atoms with Crippen LogP contribution in [-0.4, -0.2) is 35.2 Å². The Morgan fingerprint density at radius 3 is 2.64 bits per heavy atom. The number of amides is 1. The molecule has 1 aromatic carbocycles. The Morgan fingerprint density at radius 2 is 2.05 bits per heavy atom. The minimum absolute atomic E-state index is 0.0143. The number of ketones is 1. The summed E-state index contributed by atoms with van der Waals surface area (Å²) in [5.74, 6) is 0.659. The lowest BCUT2D eigenvalue weighted by Gasteiger charge is -2.32. The highest BCUT2D eigenvalue weighted by molar-refractivity contribution is 6.02. The molecule has 0 fully saturated rings. The van der Waals surface area contributed by atoms with Crippen LogP contribution in [0.5, 0.6) is 5.75 Å². The average molecular weight is 300 g/mol. The van der Waals surface area contributed by atoms with Crippen LogP contribution in [0.4, 0.5) is 0 Å². The Labute approximate surface area is 129 Å². The first-order valence-electron chi connectivity index (χ1n) is 7.44. The molecule has 5 heteroatoms. The molecule has 1 aliphatic heterocycles. The monoisotopic (exact) mass is 300 g/mol. The van der Waals surface area contributed by atoms with Crippen molar-refractivity contribution in [3.8, 4) is 5.75 Å². The van der Waals surface area contributed by atoms with Gasteiger partial charge in [0.05, 0.1) is 18.7 Å². The quantitative estimate of drug-likeness (QED) is 0.867. The van der Waals surface area contributed by atoms with Crippen molar-refractivity contribution >= 4 is 22.6 Å². The molecule has 5 nitrogen and oxygen atoms in total. The fraction of sp³-hybridized carbons (Fsp3) is 0.412. The highest BCUT2D eigenvalue weighted by Gasteiger charge is 2.29. The molecule has 0 radical (unpaired) electrons. The van der Waals surface area contributed by atoms with Gasteiger partial charge in [0.15, 0.2) is 5.78 Å². The number of hydrogen-bond acceptors (Lipinski definition) is 3. The minimum Gasteiger partial charge on any atom is -0.496 e. The normalized spacial score (nSPS) is 17.5. The van der Waals surface area contributed by atoms with Crippen molar-refractivity contribution in [2.75, 3.05) is 13.7 Å². The summed E-state index contributed by atoms with van der Waals surface area (Å²) in [5.41, 5.74) is 3.77. The maximum atomic E-state index is 11.8. The molecular weight excluding hydrogens is 280 g/mol. The van der Waals surface area contributed by atoms with E-state index in [1.807, 2.05) is 24.0 Å². The SMILES string of the molecule is COc1cc2c3c([nH]c2cc1C(C)=O)C(C)N(C(C)=O)CC3. The molecule has 3 rings (SSSR count). The van der Waals surface area contributed by atoms with Crippen molar-refractivity contribution in [2.24, 2.45) is 0 Å². The number of hydrogen-bond donors (Lipinski definition) is 1. The molecule has 1 amide bonds. The molecule has 22 heavy (non-hydrogen) atoms. The van der Waals surface area contributed by atoms with Crippen LogP contribution in [0.25, 0.3) is 10.9 Å². The van der Waals surface area contributed by atoms with Crippen LogP contribution < -0.4 is 4.74 Å². The second kappa shape index (κ2) is 5.16. The average Bonchev–Trinajstić information content (AvgIpc) is 2.84. The molecule has 0 saturated heterocycles. The molecule has 116 valence electrons. The van der Waals surface area contributed by atoms with Gasteiger partial charge in [-0.2, -0.15) is 0 Å². The van der Waals surface area contributed by atoms with Crippen LogP contribution in [0, 0.1) is 0 Å². The van der Waals surface area contributed by atoms with Crippen LogP contribution in [0.1, 0.15) is 48.4 Å². The van der Waals surface area contributed by atoms with Gasteiger partial charge in [0.25, 0.3) is 0 Å². The van der Waals surface area contributed by atoms with E-state index < -0.39 is 0 Å². The third-order valence-electron chi connectivity index (χ3n) is 4.53. The first-order chi connectivity index (χ1) is 10.4. The molecule has 2 aromatic rings. The second-order valence-corrected chi connectivity index (χ2v) is 5.81. The van der Waals surface area contributed by atoms with Gasteiger partial charge in [-0.1, -0.05) is 0 Å². The largest absolute Gasteiger partial charge is 0.496 e. The van der Waals surface area contributed by atoms with E-state index in [4.69, 9.17) is 4.74 Å². The number of fused-ring (bicyclic) bond motifs is 3. The summed E-state index contributed by atoms with van der Waals surface area (Å²) in [7, 11) is 1.58. The van der Waals surface area contributed by atoms with Gasteiger partial charge in [-0.15, -0.1) is 0 Å². The predicted octanol–water partition coefficient (Wildman–Crippen LogP) is 2.84. The van der Waals surface area contributed by atoms with Crippen LogP contribution in [0.2, 0.25) is 0 Å². The Morgan fingerprint density at radius 1 is 1.32 bits per heavy atom. The number of H-pyrrole nitrogens is 1. The molecule has 1 aromatic heterocycles. The van der Waals surface area contributed by atoms with Gasteiger partial charge in [-0.05, 0) is 38.0 Å². The molecule has 1 aliphatic rings. The van der Waals surface area contributed by atoms with Crippen molar-refractivity contribution < 1.29 is 14.3 Å². The zero-order chi connectivity index (χ0) is 16.0. The maximum absolute atomic E-state index is 11.8. The number of aromatic amines is 1. The maximum Gasteiger partial charge on any atom is 0.220 e. The van der Waals surface area contributed by atoms with Gasteiger partial charge in [-0.3, -0.25) is 9.59 Å². The fourth-order valence-electron chi connectivity index (χ4n) is 3.38. The molecule has 0 aliphatic carbocycles. The molecule has 2 heterocycles. The van der Waals surface area contributed by atoms with Gasteiger partial charge in [-0.25, -0.2) is 0 Å². The number of nitrogens with zero attached hydrogens (tertiary/aromatic N) is 1. The zero-order valence-electron chi connectivity index (χ0n) is 13.3. The summed E-state index contributed by atoms with van der Waals surface area (Å²) < 4.78 is 5.36.